The number of rotatable bonds is 6. The molecule has 0 saturated heterocycles. The van der Waals surface area contributed by atoms with Crippen LogP contribution in [0.2, 0.25) is 0 Å². The zero-order valence-corrected chi connectivity index (χ0v) is 15.6. The predicted octanol–water partition coefficient (Wildman–Crippen LogP) is 0.978. The summed E-state index contributed by atoms with van der Waals surface area (Å²) in [6, 6.07) is 7.93. The van der Waals surface area contributed by atoms with Crippen molar-refractivity contribution in [2.45, 2.75) is 18.5 Å². The van der Waals surface area contributed by atoms with Crippen molar-refractivity contribution in [2.75, 3.05) is 11.5 Å². The minimum atomic E-state index is -0.798. The molecule has 0 unspecified atom stereocenters. The molecule has 0 bridgehead atoms. The summed E-state index contributed by atoms with van der Waals surface area (Å²) >= 11 is 1.08. The number of thioether (sulfide) groups is 1. The van der Waals surface area contributed by atoms with Gasteiger partial charge >= 0.3 is 5.69 Å². The number of nitrogens with two attached hydrogens (primary N) is 1. The molecule has 3 rings (SSSR count). The van der Waals surface area contributed by atoms with Crippen LogP contribution in [0.5, 0.6) is 0 Å². The summed E-state index contributed by atoms with van der Waals surface area (Å²) < 4.78 is 1.02. The van der Waals surface area contributed by atoms with Crippen molar-refractivity contribution in [1.29, 1.82) is 0 Å². The van der Waals surface area contributed by atoms with E-state index in [1.807, 2.05) is 24.3 Å². The molecule has 0 radical (unpaired) electrons. The minimum absolute atomic E-state index is 0.0858. The van der Waals surface area contributed by atoms with Gasteiger partial charge in [-0.1, -0.05) is 43.0 Å². The maximum atomic E-state index is 12.4. The van der Waals surface area contributed by atoms with Crippen LogP contribution in [0.3, 0.4) is 0 Å². The summed E-state index contributed by atoms with van der Waals surface area (Å²) in [6.07, 6.45) is 0.952. The minimum Gasteiger partial charge on any atom is -0.384 e. The van der Waals surface area contributed by atoms with E-state index in [1.54, 1.807) is 0 Å². The number of ketones is 1. The van der Waals surface area contributed by atoms with Gasteiger partial charge in [-0.2, -0.15) is 0 Å². The SMILES string of the molecule is CCc1ccc(-c2nc(SCC(=O)c3c(N)n(C)c(=O)[nH]c3=O)n[nH]2)cc1. The van der Waals surface area contributed by atoms with Crippen molar-refractivity contribution in [3.63, 3.8) is 0 Å². The van der Waals surface area contributed by atoms with Gasteiger partial charge < -0.3 is 5.73 Å². The lowest BCUT2D eigenvalue weighted by Crippen LogP contribution is -2.35. The van der Waals surface area contributed by atoms with Gasteiger partial charge in [0, 0.05) is 12.6 Å². The summed E-state index contributed by atoms with van der Waals surface area (Å²) in [5.41, 5.74) is 6.13. The van der Waals surface area contributed by atoms with Crippen molar-refractivity contribution < 1.29 is 4.79 Å². The van der Waals surface area contributed by atoms with Crippen LogP contribution < -0.4 is 17.0 Å². The van der Waals surface area contributed by atoms with E-state index in [0.717, 1.165) is 28.3 Å². The molecule has 4 N–H and O–H groups in total. The predicted molar refractivity (Wildman–Crippen MR) is 103 cm³/mol. The fourth-order valence-electron chi connectivity index (χ4n) is 2.45. The molecule has 0 aliphatic carbocycles. The number of aromatic amines is 2. The van der Waals surface area contributed by atoms with Crippen LogP contribution in [0.4, 0.5) is 5.82 Å². The highest BCUT2D eigenvalue weighted by molar-refractivity contribution is 7.99. The lowest BCUT2D eigenvalue weighted by atomic mass is 10.1. The first-order valence-electron chi connectivity index (χ1n) is 8.17. The summed E-state index contributed by atoms with van der Waals surface area (Å²) in [4.78, 5) is 42.2. The van der Waals surface area contributed by atoms with E-state index in [0.29, 0.717) is 11.0 Å². The molecular formula is C17H18N6O3S. The molecule has 0 aliphatic rings. The molecule has 0 spiro atoms. The fraction of sp³-hybridized carbons (Fsp3) is 0.235. The molecule has 0 saturated carbocycles. The zero-order chi connectivity index (χ0) is 19.6. The molecule has 27 heavy (non-hydrogen) atoms. The molecule has 2 heterocycles. The second-order valence-corrected chi connectivity index (χ2v) is 6.75. The normalized spacial score (nSPS) is 10.9. The van der Waals surface area contributed by atoms with Gasteiger partial charge in [0.15, 0.2) is 11.6 Å². The zero-order valence-electron chi connectivity index (χ0n) is 14.8. The Morgan fingerprint density at radius 3 is 2.63 bits per heavy atom. The number of aromatic nitrogens is 5. The van der Waals surface area contributed by atoms with E-state index in [-0.39, 0.29) is 17.1 Å². The number of nitrogens with zero attached hydrogens (tertiary/aromatic N) is 3. The van der Waals surface area contributed by atoms with Crippen molar-refractivity contribution >= 4 is 23.4 Å². The quantitative estimate of drug-likeness (QED) is 0.424. The molecule has 0 aliphatic heterocycles. The molecule has 2 aromatic heterocycles. The van der Waals surface area contributed by atoms with Crippen LogP contribution in [0.25, 0.3) is 11.4 Å². The van der Waals surface area contributed by atoms with Crippen molar-refractivity contribution in [3.05, 3.63) is 56.2 Å². The van der Waals surface area contributed by atoms with E-state index in [2.05, 4.69) is 27.1 Å². The Bertz CT molecular complexity index is 1100. The molecule has 9 nitrogen and oxygen atoms in total. The smallest absolute Gasteiger partial charge is 0.329 e. The Morgan fingerprint density at radius 2 is 1.96 bits per heavy atom. The second-order valence-electron chi connectivity index (χ2n) is 5.81. The molecule has 0 fully saturated rings. The first-order valence-corrected chi connectivity index (χ1v) is 9.15. The fourth-order valence-corrected chi connectivity index (χ4v) is 3.12. The number of nitrogen functional groups attached to an aromatic ring is 1. The van der Waals surface area contributed by atoms with Crippen molar-refractivity contribution in [3.8, 4) is 11.4 Å². The summed E-state index contributed by atoms with van der Waals surface area (Å²) in [7, 11) is 1.38. The first kappa shape index (κ1) is 18.6. The van der Waals surface area contributed by atoms with E-state index in [1.165, 1.54) is 12.6 Å². The standard InChI is InChI=1S/C17H18N6O3S/c1-3-9-4-6-10(7-5-9)14-19-16(22-21-14)27-8-11(24)12-13(18)23(2)17(26)20-15(12)25/h4-7H,3,8,18H2,1-2H3,(H,19,21,22)(H,20,25,26). The Balaban J connectivity index is 1.73. The first-order chi connectivity index (χ1) is 12.9. The Morgan fingerprint density at radius 1 is 1.26 bits per heavy atom. The van der Waals surface area contributed by atoms with E-state index >= 15 is 0 Å². The number of aryl methyl sites for hydroxylation is 1. The van der Waals surface area contributed by atoms with Crippen LogP contribution >= 0.6 is 11.8 Å². The maximum Gasteiger partial charge on any atom is 0.329 e. The average molecular weight is 386 g/mol. The number of hydrogen-bond donors (Lipinski definition) is 3. The second kappa shape index (κ2) is 7.62. The third-order valence-corrected chi connectivity index (χ3v) is 4.93. The number of H-pyrrole nitrogens is 2. The molecule has 3 aromatic rings. The third-order valence-electron chi connectivity index (χ3n) is 4.08. The summed E-state index contributed by atoms with van der Waals surface area (Å²) in [6.45, 7) is 2.08. The van der Waals surface area contributed by atoms with Crippen LogP contribution in [-0.4, -0.2) is 36.3 Å². The highest BCUT2D eigenvalue weighted by Crippen LogP contribution is 2.20. The maximum absolute atomic E-state index is 12.4. The van der Waals surface area contributed by atoms with Gasteiger partial charge in [-0.05, 0) is 12.0 Å². The van der Waals surface area contributed by atoms with Gasteiger partial charge in [0.1, 0.15) is 11.4 Å². The number of benzene rings is 1. The highest BCUT2D eigenvalue weighted by Gasteiger charge is 2.19. The number of anilines is 1. The Labute approximate surface area is 158 Å². The van der Waals surface area contributed by atoms with Crippen molar-refractivity contribution in [2.24, 2.45) is 7.05 Å². The monoisotopic (exact) mass is 386 g/mol. The number of carbonyl (C=O) groups excluding carboxylic acids is 1. The molecule has 0 atom stereocenters. The van der Waals surface area contributed by atoms with Crippen LogP contribution in [0, 0.1) is 0 Å². The molecule has 1 aromatic carbocycles. The topological polar surface area (TPSA) is 140 Å². The number of nitrogens with one attached hydrogen (secondary N) is 2. The van der Waals surface area contributed by atoms with Gasteiger partial charge in [0.25, 0.3) is 5.56 Å². The number of Topliss-reactive ketones (excluding diaryl/α,β-unsaturated/α-hetero) is 1. The van der Waals surface area contributed by atoms with Gasteiger partial charge in [0.05, 0.1) is 5.75 Å². The summed E-state index contributed by atoms with van der Waals surface area (Å²) in [5.74, 6) is -0.168. The number of hydrogen-bond acceptors (Lipinski definition) is 7. The average Bonchev–Trinajstić information content (AvgIpc) is 3.13. The third kappa shape index (κ3) is 3.85. The van der Waals surface area contributed by atoms with Crippen molar-refractivity contribution in [1.82, 2.24) is 24.7 Å². The highest BCUT2D eigenvalue weighted by atomic mass is 32.2. The van der Waals surface area contributed by atoms with Gasteiger partial charge in [0.2, 0.25) is 5.16 Å². The van der Waals surface area contributed by atoms with Gasteiger partial charge in [-0.3, -0.25) is 24.2 Å². The van der Waals surface area contributed by atoms with E-state index in [4.69, 9.17) is 5.73 Å². The van der Waals surface area contributed by atoms with Crippen LogP contribution in [-0.2, 0) is 13.5 Å². The van der Waals surface area contributed by atoms with Crippen LogP contribution in [0.1, 0.15) is 22.8 Å². The molecule has 10 heteroatoms. The largest absolute Gasteiger partial charge is 0.384 e. The lowest BCUT2D eigenvalue weighted by Gasteiger charge is -2.06. The molecular weight excluding hydrogens is 368 g/mol. The lowest BCUT2D eigenvalue weighted by molar-refractivity contribution is 0.102. The van der Waals surface area contributed by atoms with E-state index < -0.39 is 17.0 Å². The van der Waals surface area contributed by atoms with E-state index in [9.17, 15) is 14.4 Å². The van der Waals surface area contributed by atoms with Crippen LogP contribution in [0.15, 0.2) is 39.0 Å². The number of carbonyl (C=O) groups is 1. The molecule has 0 amide bonds. The Kier molecular flexibility index (Phi) is 5.26. The Hall–Kier alpha value is -3.14. The summed E-state index contributed by atoms with van der Waals surface area (Å²) in [5, 5.41) is 7.28. The van der Waals surface area contributed by atoms with Gasteiger partial charge in [-0.25, -0.2) is 9.78 Å². The van der Waals surface area contributed by atoms with Gasteiger partial charge in [-0.15, -0.1) is 5.10 Å². The molecule has 140 valence electrons.